The number of anilines is 1. The van der Waals surface area contributed by atoms with Gasteiger partial charge in [0.1, 0.15) is 5.75 Å². The van der Waals surface area contributed by atoms with Crippen LogP contribution in [0.25, 0.3) is 0 Å². The van der Waals surface area contributed by atoms with Crippen LogP contribution in [0.1, 0.15) is 29.3 Å². The van der Waals surface area contributed by atoms with E-state index in [1.54, 1.807) is 48.5 Å². The molecule has 30 heavy (non-hydrogen) atoms. The Kier molecular flexibility index (Phi) is 7.46. The second-order valence-corrected chi connectivity index (χ2v) is 7.06. The summed E-state index contributed by atoms with van der Waals surface area (Å²) in [5.74, 6) is -0.175. The molecule has 6 heteroatoms. The molecule has 3 aromatic rings. The molecule has 0 saturated heterocycles. The molecule has 1 atom stereocenters. The van der Waals surface area contributed by atoms with E-state index >= 15 is 0 Å². The molecule has 0 unspecified atom stereocenters. The number of carbonyl (C=O) groups excluding carboxylic acids is 2. The Balaban J connectivity index is 1.69. The SMILES string of the molecule is CC[C@H](Oc1ccccc1Cl)C(=O)Nc1ccccc1C(=O)NCc1ccccc1. The number of para-hydroxylation sites is 2. The van der Waals surface area contributed by atoms with Crippen molar-refractivity contribution in [2.24, 2.45) is 0 Å². The highest BCUT2D eigenvalue weighted by atomic mass is 35.5. The van der Waals surface area contributed by atoms with Crippen molar-refractivity contribution in [3.63, 3.8) is 0 Å². The summed E-state index contributed by atoms with van der Waals surface area (Å²) in [5.41, 5.74) is 1.80. The van der Waals surface area contributed by atoms with Crippen LogP contribution in [0.2, 0.25) is 5.02 Å². The molecule has 3 aromatic carbocycles. The van der Waals surface area contributed by atoms with Crippen LogP contribution in [0.15, 0.2) is 78.9 Å². The zero-order valence-electron chi connectivity index (χ0n) is 16.6. The molecule has 0 radical (unpaired) electrons. The van der Waals surface area contributed by atoms with E-state index in [4.69, 9.17) is 16.3 Å². The molecule has 2 amide bonds. The van der Waals surface area contributed by atoms with Gasteiger partial charge in [-0.3, -0.25) is 9.59 Å². The largest absolute Gasteiger partial charge is 0.479 e. The molecule has 0 bridgehead atoms. The maximum Gasteiger partial charge on any atom is 0.265 e. The van der Waals surface area contributed by atoms with Crippen molar-refractivity contribution in [2.45, 2.75) is 26.0 Å². The van der Waals surface area contributed by atoms with Crippen LogP contribution in [0, 0.1) is 0 Å². The zero-order chi connectivity index (χ0) is 21.3. The molecule has 0 aliphatic carbocycles. The maximum absolute atomic E-state index is 12.8. The van der Waals surface area contributed by atoms with Gasteiger partial charge >= 0.3 is 0 Å². The van der Waals surface area contributed by atoms with Gasteiger partial charge in [-0.2, -0.15) is 0 Å². The maximum atomic E-state index is 12.8. The predicted molar refractivity (Wildman–Crippen MR) is 119 cm³/mol. The van der Waals surface area contributed by atoms with Gasteiger partial charge < -0.3 is 15.4 Å². The molecule has 0 spiro atoms. The van der Waals surface area contributed by atoms with Gasteiger partial charge in [-0.25, -0.2) is 0 Å². The van der Waals surface area contributed by atoms with E-state index in [9.17, 15) is 9.59 Å². The summed E-state index contributed by atoms with van der Waals surface area (Å²) < 4.78 is 5.79. The Morgan fingerprint density at radius 1 is 0.933 bits per heavy atom. The fraction of sp³-hybridized carbons (Fsp3) is 0.167. The van der Waals surface area contributed by atoms with Gasteiger partial charge in [0.15, 0.2) is 6.10 Å². The quantitative estimate of drug-likeness (QED) is 0.532. The Bertz CT molecular complexity index is 1010. The van der Waals surface area contributed by atoms with Crippen molar-refractivity contribution < 1.29 is 14.3 Å². The lowest BCUT2D eigenvalue weighted by Gasteiger charge is -2.19. The van der Waals surface area contributed by atoms with Crippen molar-refractivity contribution in [3.8, 4) is 5.75 Å². The molecule has 0 aromatic heterocycles. The summed E-state index contributed by atoms with van der Waals surface area (Å²) in [6, 6.07) is 23.5. The summed E-state index contributed by atoms with van der Waals surface area (Å²) in [4.78, 5) is 25.5. The predicted octanol–water partition coefficient (Wildman–Crippen LogP) is 5.07. The van der Waals surface area contributed by atoms with Gasteiger partial charge in [-0.05, 0) is 36.2 Å². The third-order valence-electron chi connectivity index (χ3n) is 4.49. The van der Waals surface area contributed by atoms with E-state index in [-0.39, 0.29) is 11.8 Å². The molecule has 5 nitrogen and oxygen atoms in total. The first-order valence-corrected chi connectivity index (χ1v) is 10.1. The summed E-state index contributed by atoms with van der Waals surface area (Å²) in [6.45, 7) is 2.24. The van der Waals surface area contributed by atoms with Crippen LogP contribution < -0.4 is 15.4 Å². The molecule has 0 saturated carbocycles. The van der Waals surface area contributed by atoms with Crippen molar-refractivity contribution in [1.82, 2.24) is 5.32 Å². The number of amides is 2. The molecular formula is C24H23ClN2O3. The van der Waals surface area contributed by atoms with E-state index in [2.05, 4.69) is 10.6 Å². The van der Waals surface area contributed by atoms with Gasteiger partial charge in [0.2, 0.25) is 0 Å². The molecule has 154 valence electrons. The minimum Gasteiger partial charge on any atom is -0.479 e. The number of nitrogens with one attached hydrogen (secondary N) is 2. The molecule has 0 aliphatic heterocycles. The van der Waals surface area contributed by atoms with Gasteiger partial charge in [0.25, 0.3) is 11.8 Å². The smallest absolute Gasteiger partial charge is 0.265 e. The fourth-order valence-corrected chi connectivity index (χ4v) is 3.07. The first kappa shape index (κ1) is 21.4. The third kappa shape index (κ3) is 5.61. The number of carbonyl (C=O) groups is 2. The standard InChI is InChI=1S/C24H23ClN2O3/c1-2-21(30-22-15-9-7-13-19(22)25)24(29)27-20-14-8-6-12-18(20)23(28)26-16-17-10-4-3-5-11-17/h3-15,21H,2,16H2,1H3,(H,26,28)(H,27,29)/t21-/m0/s1. The number of rotatable bonds is 8. The van der Waals surface area contributed by atoms with Gasteiger partial charge in [0.05, 0.1) is 16.3 Å². The van der Waals surface area contributed by atoms with Gasteiger partial charge in [0, 0.05) is 6.54 Å². The van der Waals surface area contributed by atoms with Crippen molar-refractivity contribution >= 4 is 29.1 Å². The minimum atomic E-state index is -0.745. The van der Waals surface area contributed by atoms with Gasteiger partial charge in [-0.15, -0.1) is 0 Å². The second kappa shape index (κ2) is 10.5. The fourth-order valence-electron chi connectivity index (χ4n) is 2.89. The summed E-state index contributed by atoms with van der Waals surface area (Å²) in [6.07, 6.45) is -0.301. The molecule has 0 fully saturated rings. The first-order valence-electron chi connectivity index (χ1n) is 9.71. The van der Waals surface area contributed by atoms with E-state index < -0.39 is 6.10 Å². The van der Waals surface area contributed by atoms with Crippen LogP contribution in [-0.4, -0.2) is 17.9 Å². The van der Waals surface area contributed by atoms with Gasteiger partial charge in [-0.1, -0.05) is 73.1 Å². The molecular weight excluding hydrogens is 400 g/mol. The third-order valence-corrected chi connectivity index (χ3v) is 4.81. The zero-order valence-corrected chi connectivity index (χ0v) is 17.4. The Hall–Kier alpha value is -3.31. The average Bonchev–Trinajstić information content (AvgIpc) is 2.78. The van der Waals surface area contributed by atoms with Crippen LogP contribution in [-0.2, 0) is 11.3 Å². The van der Waals surface area contributed by atoms with Crippen LogP contribution >= 0.6 is 11.6 Å². The van der Waals surface area contributed by atoms with Crippen LogP contribution in [0.3, 0.4) is 0 Å². The lowest BCUT2D eigenvalue weighted by atomic mass is 10.1. The van der Waals surface area contributed by atoms with E-state index in [1.807, 2.05) is 37.3 Å². The van der Waals surface area contributed by atoms with Crippen molar-refractivity contribution in [2.75, 3.05) is 5.32 Å². The number of hydrogen-bond donors (Lipinski definition) is 2. The summed E-state index contributed by atoms with van der Waals surface area (Å²) >= 11 is 6.13. The van der Waals surface area contributed by atoms with E-state index in [1.165, 1.54) is 0 Å². The van der Waals surface area contributed by atoms with Crippen LogP contribution in [0.5, 0.6) is 5.75 Å². The normalized spacial score (nSPS) is 11.4. The summed E-state index contributed by atoms with van der Waals surface area (Å²) in [5, 5.41) is 6.13. The highest BCUT2D eigenvalue weighted by Gasteiger charge is 2.21. The Morgan fingerprint density at radius 3 is 2.33 bits per heavy atom. The number of hydrogen-bond acceptors (Lipinski definition) is 3. The average molecular weight is 423 g/mol. The Morgan fingerprint density at radius 2 is 1.60 bits per heavy atom. The lowest BCUT2D eigenvalue weighted by Crippen LogP contribution is -2.33. The molecule has 3 rings (SSSR count). The number of halogens is 1. The Labute approximate surface area is 181 Å². The van der Waals surface area contributed by atoms with Crippen molar-refractivity contribution in [3.05, 3.63) is 95.0 Å². The number of ether oxygens (including phenoxy) is 1. The molecule has 2 N–H and O–H groups in total. The summed E-state index contributed by atoms with van der Waals surface area (Å²) in [7, 11) is 0. The topological polar surface area (TPSA) is 67.4 Å². The minimum absolute atomic E-state index is 0.269. The van der Waals surface area contributed by atoms with E-state index in [0.717, 1.165) is 5.56 Å². The van der Waals surface area contributed by atoms with Crippen molar-refractivity contribution in [1.29, 1.82) is 0 Å². The number of benzene rings is 3. The monoisotopic (exact) mass is 422 g/mol. The highest BCUT2D eigenvalue weighted by molar-refractivity contribution is 6.32. The molecule has 0 heterocycles. The lowest BCUT2D eigenvalue weighted by molar-refractivity contribution is -0.122. The molecule has 0 aliphatic rings. The highest BCUT2D eigenvalue weighted by Crippen LogP contribution is 2.25. The first-order chi connectivity index (χ1) is 14.6. The van der Waals surface area contributed by atoms with Crippen LogP contribution in [0.4, 0.5) is 5.69 Å². The second-order valence-electron chi connectivity index (χ2n) is 6.65. The van der Waals surface area contributed by atoms with E-state index in [0.29, 0.717) is 35.0 Å².